The molecule has 3 N–H and O–H groups in total. The number of carbonyl (C=O) groups excluding carboxylic acids is 1. The Kier molecular flexibility index (Phi) is 11.2. The van der Waals surface area contributed by atoms with Crippen LogP contribution in [0.1, 0.15) is 39.5 Å². The van der Waals surface area contributed by atoms with E-state index in [-0.39, 0.29) is 12.1 Å². The molecule has 0 atom stereocenters. The predicted octanol–water partition coefficient (Wildman–Crippen LogP) is 2.29. The van der Waals surface area contributed by atoms with Gasteiger partial charge in [-0.05, 0) is 6.42 Å². The monoisotopic (exact) mass is 161 g/mol. The van der Waals surface area contributed by atoms with Crippen molar-refractivity contribution in [1.29, 1.82) is 0 Å². The Morgan fingerprint density at radius 3 is 2.36 bits per heavy atom. The van der Waals surface area contributed by atoms with E-state index in [9.17, 15) is 4.79 Å². The average molecular weight is 161 g/mol. The van der Waals surface area contributed by atoms with E-state index in [1.54, 1.807) is 0 Å². The molecule has 0 unspecified atom stereocenters. The zero-order valence-corrected chi connectivity index (χ0v) is 7.56. The Balaban J connectivity index is 0. The fraction of sp³-hybridized carbons (Fsp3) is 0.875. The molecule has 0 heterocycles. The van der Waals surface area contributed by atoms with E-state index >= 15 is 0 Å². The number of hydrogen-bond acceptors (Lipinski definition) is 3. The fourth-order valence-corrected chi connectivity index (χ4v) is 0.745. The van der Waals surface area contributed by atoms with E-state index in [0.29, 0.717) is 6.61 Å². The first-order chi connectivity index (χ1) is 4.77. The van der Waals surface area contributed by atoms with Crippen molar-refractivity contribution < 1.29 is 9.53 Å². The van der Waals surface area contributed by atoms with E-state index in [4.69, 9.17) is 4.74 Å². The summed E-state index contributed by atoms with van der Waals surface area (Å²) in [6.07, 6.45) is 4.64. The van der Waals surface area contributed by atoms with Crippen molar-refractivity contribution in [2.45, 2.75) is 39.5 Å². The maximum atomic E-state index is 10.3. The zero-order valence-electron chi connectivity index (χ0n) is 7.56. The Bertz CT molecular complexity index is 94.1. The number of carbonyl (C=O) groups is 1. The van der Waals surface area contributed by atoms with Crippen LogP contribution in [0.4, 0.5) is 0 Å². The van der Waals surface area contributed by atoms with Crippen LogP contribution < -0.4 is 6.15 Å². The first-order valence-electron chi connectivity index (χ1n) is 3.90. The van der Waals surface area contributed by atoms with Gasteiger partial charge < -0.3 is 10.9 Å². The lowest BCUT2D eigenvalue weighted by molar-refractivity contribution is -0.141. The molecule has 0 aromatic carbocycles. The van der Waals surface area contributed by atoms with Crippen LogP contribution in [-0.4, -0.2) is 12.6 Å². The highest BCUT2D eigenvalue weighted by Crippen LogP contribution is 1.98. The summed E-state index contributed by atoms with van der Waals surface area (Å²) in [7, 11) is 0. The van der Waals surface area contributed by atoms with Crippen molar-refractivity contribution in [3.63, 3.8) is 0 Å². The van der Waals surface area contributed by atoms with Crippen molar-refractivity contribution in [3.05, 3.63) is 0 Å². The van der Waals surface area contributed by atoms with Crippen molar-refractivity contribution >= 4 is 5.97 Å². The molecule has 3 nitrogen and oxygen atoms in total. The highest BCUT2D eigenvalue weighted by atomic mass is 16.5. The lowest BCUT2D eigenvalue weighted by Gasteiger charge is -1.99. The van der Waals surface area contributed by atoms with Crippen LogP contribution >= 0.6 is 0 Å². The lowest BCUT2D eigenvalue weighted by Crippen LogP contribution is -1.99. The Morgan fingerprint density at radius 1 is 1.27 bits per heavy atom. The summed E-state index contributed by atoms with van der Waals surface area (Å²) in [5.74, 6) is -0.170. The molecule has 68 valence electrons. The topological polar surface area (TPSA) is 61.3 Å². The first-order valence-corrected chi connectivity index (χ1v) is 3.90. The van der Waals surface area contributed by atoms with Gasteiger partial charge in [0.2, 0.25) is 0 Å². The number of hydrogen-bond donors (Lipinski definition) is 1. The van der Waals surface area contributed by atoms with Gasteiger partial charge in [0, 0.05) is 6.92 Å². The van der Waals surface area contributed by atoms with Gasteiger partial charge in [0.1, 0.15) is 0 Å². The van der Waals surface area contributed by atoms with E-state index in [0.717, 1.165) is 6.42 Å². The minimum absolute atomic E-state index is 0. The highest BCUT2D eigenvalue weighted by molar-refractivity contribution is 5.65. The van der Waals surface area contributed by atoms with Gasteiger partial charge in [0.15, 0.2) is 0 Å². The summed E-state index contributed by atoms with van der Waals surface area (Å²) < 4.78 is 4.75. The van der Waals surface area contributed by atoms with Gasteiger partial charge in [0.05, 0.1) is 6.61 Å². The quantitative estimate of drug-likeness (QED) is 0.497. The molecule has 0 aliphatic carbocycles. The number of ether oxygens (including phenoxy) is 1. The van der Waals surface area contributed by atoms with Gasteiger partial charge in [-0.25, -0.2) is 0 Å². The summed E-state index contributed by atoms with van der Waals surface area (Å²) >= 11 is 0. The molecular weight excluding hydrogens is 142 g/mol. The molecule has 0 radical (unpaired) electrons. The molecule has 0 aliphatic heterocycles. The second-order valence-electron chi connectivity index (χ2n) is 2.40. The van der Waals surface area contributed by atoms with Crippen LogP contribution in [0.15, 0.2) is 0 Å². The van der Waals surface area contributed by atoms with E-state index in [1.165, 1.54) is 26.2 Å². The zero-order chi connectivity index (χ0) is 7.82. The third-order valence-corrected chi connectivity index (χ3v) is 1.30. The third-order valence-electron chi connectivity index (χ3n) is 1.30. The molecule has 0 fully saturated rings. The molecule has 0 spiro atoms. The molecule has 0 aromatic rings. The molecule has 0 amide bonds. The molecule has 0 bridgehead atoms. The Labute approximate surface area is 68.7 Å². The Morgan fingerprint density at radius 2 is 1.91 bits per heavy atom. The van der Waals surface area contributed by atoms with E-state index < -0.39 is 0 Å². The SMILES string of the molecule is CCCCCCOC(C)=O.N. The third kappa shape index (κ3) is 12.6. The van der Waals surface area contributed by atoms with Gasteiger partial charge >= 0.3 is 5.97 Å². The van der Waals surface area contributed by atoms with Crippen LogP contribution in [0, 0.1) is 0 Å². The highest BCUT2D eigenvalue weighted by Gasteiger charge is 1.91. The predicted molar refractivity (Wildman–Crippen MR) is 45.8 cm³/mol. The van der Waals surface area contributed by atoms with Crippen LogP contribution in [0.25, 0.3) is 0 Å². The summed E-state index contributed by atoms with van der Waals surface area (Å²) in [5, 5.41) is 0. The molecular formula is C8H19NO2. The van der Waals surface area contributed by atoms with Gasteiger partial charge in [-0.3, -0.25) is 4.79 Å². The van der Waals surface area contributed by atoms with Crippen molar-refractivity contribution in [3.8, 4) is 0 Å². The summed E-state index contributed by atoms with van der Waals surface area (Å²) in [6.45, 7) is 4.20. The summed E-state index contributed by atoms with van der Waals surface area (Å²) in [6, 6.07) is 0. The van der Waals surface area contributed by atoms with E-state index in [2.05, 4.69) is 6.92 Å². The van der Waals surface area contributed by atoms with Crippen molar-refractivity contribution in [1.82, 2.24) is 6.15 Å². The normalized spacial score (nSPS) is 8.55. The standard InChI is InChI=1S/C8H16O2.H3N/c1-3-4-5-6-7-10-8(2)9;/h3-7H2,1-2H3;1H3. The van der Waals surface area contributed by atoms with Gasteiger partial charge in [-0.15, -0.1) is 0 Å². The molecule has 0 saturated carbocycles. The number of rotatable bonds is 5. The lowest BCUT2D eigenvalue weighted by atomic mass is 10.2. The number of unbranched alkanes of at least 4 members (excludes halogenated alkanes) is 3. The maximum absolute atomic E-state index is 10.3. The smallest absolute Gasteiger partial charge is 0.302 e. The van der Waals surface area contributed by atoms with Gasteiger partial charge in [-0.1, -0.05) is 26.2 Å². The van der Waals surface area contributed by atoms with Crippen LogP contribution in [-0.2, 0) is 9.53 Å². The summed E-state index contributed by atoms with van der Waals surface area (Å²) in [4.78, 5) is 10.3. The van der Waals surface area contributed by atoms with Crippen molar-refractivity contribution in [2.24, 2.45) is 0 Å². The average Bonchev–Trinajstić information content (AvgIpc) is 1.87. The fourth-order valence-electron chi connectivity index (χ4n) is 0.745. The molecule has 3 heteroatoms. The molecule has 0 aliphatic rings. The second kappa shape index (κ2) is 9.43. The molecule has 0 rings (SSSR count). The molecule has 0 saturated heterocycles. The minimum Gasteiger partial charge on any atom is -0.466 e. The largest absolute Gasteiger partial charge is 0.466 e. The first kappa shape index (κ1) is 13.1. The van der Waals surface area contributed by atoms with Crippen molar-refractivity contribution in [2.75, 3.05) is 6.61 Å². The van der Waals surface area contributed by atoms with E-state index in [1.807, 2.05) is 0 Å². The minimum atomic E-state index is -0.170. The molecule has 11 heavy (non-hydrogen) atoms. The van der Waals surface area contributed by atoms with Gasteiger partial charge in [-0.2, -0.15) is 0 Å². The van der Waals surface area contributed by atoms with Gasteiger partial charge in [0.25, 0.3) is 0 Å². The Hall–Kier alpha value is -0.570. The second-order valence-corrected chi connectivity index (χ2v) is 2.40. The van der Waals surface area contributed by atoms with Crippen LogP contribution in [0.2, 0.25) is 0 Å². The number of esters is 1. The van der Waals surface area contributed by atoms with Crippen LogP contribution in [0.5, 0.6) is 0 Å². The summed E-state index contributed by atoms with van der Waals surface area (Å²) in [5.41, 5.74) is 0. The maximum Gasteiger partial charge on any atom is 0.302 e. The molecule has 0 aromatic heterocycles. The van der Waals surface area contributed by atoms with Crippen LogP contribution in [0.3, 0.4) is 0 Å².